The Morgan fingerprint density at radius 3 is 2.70 bits per heavy atom. The molecule has 0 fully saturated rings. The molecule has 0 aromatic rings. The van der Waals surface area contributed by atoms with E-state index in [0.717, 1.165) is 13.0 Å². The van der Waals surface area contributed by atoms with E-state index in [4.69, 9.17) is 10.5 Å². The minimum atomic E-state index is 0.336. The van der Waals surface area contributed by atoms with E-state index in [1.54, 1.807) is 7.11 Å². The molecule has 2 atom stereocenters. The van der Waals surface area contributed by atoms with Crippen molar-refractivity contribution in [3.05, 3.63) is 12.2 Å². The van der Waals surface area contributed by atoms with Crippen LogP contribution in [-0.4, -0.2) is 19.8 Å². The molecule has 2 unspecified atom stereocenters. The van der Waals surface area contributed by atoms with Gasteiger partial charge >= 0.3 is 0 Å². The van der Waals surface area contributed by atoms with E-state index in [9.17, 15) is 0 Å². The molecule has 0 saturated carbocycles. The zero-order chi connectivity index (χ0) is 7.40. The number of methoxy groups -OCH3 is 1. The van der Waals surface area contributed by atoms with Crippen LogP contribution in [0.25, 0.3) is 0 Å². The van der Waals surface area contributed by atoms with Gasteiger partial charge in [-0.3, -0.25) is 0 Å². The Morgan fingerprint density at radius 1 is 1.50 bits per heavy atom. The van der Waals surface area contributed by atoms with Crippen molar-refractivity contribution in [3.8, 4) is 0 Å². The van der Waals surface area contributed by atoms with Crippen LogP contribution in [0.4, 0.5) is 0 Å². The average Bonchev–Trinajstić information content (AvgIpc) is 2.05. The summed E-state index contributed by atoms with van der Waals surface area (Å²) in [6.07, 6.45) is 6.90. The number of hydrogen-bond acceptors (Lipinski definition) is 2. The topological polar surface area (TPSA) is 35.2 Å². The lowest BCUT2D eigenvalue weighted by molar-refractivity contribution is 0.123. The highest BCUT2D eigenvalue weighted by atomic mass is 16.5. The maximum absolute atomic E-state index is 5.50. The van der Waals surface area contributed by atoms with Crippen LogP contribution in [0.15, 0.2) is 12.2 Å². The molecule has 0 amide bonds. The van der Waals surface area contributed by atoms with Crippen LogP contribution in [0.3, 0.4) is 0 Å². The summed E-state index contributed by atoms with van der Waals surface area (Å²) in [6, 6.07) is 0. The van der Waals surface area contributed by atoms with Crippen molar-refractivity contribution < 1.29 is 4.74 Å². The lowest BCUT2D eigenvalue weighted by Gasteiger charge is -2.20. The summed E-state index contributed by atoms with van der Waals surface area (Å²) in [5, 5.41) is 0. The second-order valence-corrected chi connectivity index (χ2v) is 2.73. The van der Waals surface area contributed by atoms with Crippen molar-refractivity contribution in [2.75, 3.05) is 13.7 Å². The Labute approximate surface area is 62.1 Å². The van der Waals surface area contributed by atoms with Crippen LogP contribution in [0.1, 0.15) is 12.8 Å². The number of nitrogens with two attached hydrogens (primary N) is 1. The third-order valence-corrected chi connectivity index (χ3v) is 2.03. The first-order valence-corrected chi connectivity index (χ1v) is 3.78. The van der Waals surface area contributed by atoms with Crippen molar-refractivity contribution in [2.45, 2.75) is 18.9 Å². The molecule has 10 heavy (non-hydrogen) atoms. The summed E-state index contributed by atoms with van der Waals surface area (Å²) >= 11 is 0. The van der Waals surface area contributed by atoms with Crippen molar-refractivity contribution in [1.29, 1.82) is 0 Å². The fourth-order valence-corrected chi connectivity index (χ4v) is 1.24. The van der Waals surface area contributed by atoms with E-state index in [1.807, 2.05) is 0 Å². The van der Waals surface area contributed by atoms with Gasteiger partial charge in [0.15, 0.2) is 0 Å². The van der Waals surface area contributed by atoms with E-state index in [2.05, 4.69) is 12.2 Å². The van der Waals surface area contributed by atoms with E-state index in [1.165, 1.54) is 6.42 Å². The second kappa shape index (κ2) is 3.74. The lowest BCUT2D eigenvalue weighted by Crippen LogP contribution is -2.20. The van der Waals surface area contributed by atoms with Gasteiger partial charge in [-0.25, -0.2) is 0 Å². The van der Waals surface area contributed by atoms with Gasteiger partial charge in [-0.2, -0.15) is 0 Å². The molecule has 1 rings (SSSR count). The van der Waals surface area contributed by atoms with Gasteiger partial charge in [0.2, 0.25) is 0 Å². The van der Waals surface area contributed by atoms with Crippen LogP contribution < -0.4 is 5.73 Å². The van der Waals surface area contributed by atoms with Gasteiger partial charge < -0.3 is 10.5 Å². The van der Waals surface area contributed by atoms with Gasteiger partial charge in [-0.05, 0) is 25.3 Å². The van der Waals surface area contributed by atoms with E-state index in [0.29, 0.717) is 12.0 Å². The van der Waals surface area contributed by atoms with Gasteiger partial charge in [0.25, 0.3) is 0 Å². The fraction of sp³-hybridized carbons (Fsp3) is 0.750. The van der Waals surface area contributed by atoms with Crippen LogP contribution in [-0.2, 0) is 4.74 Å². The Hall–Kier alpha value is -0.340. The van der Waals surface area contributed by atoms with Crippen molar-refractivity contribution in [1.82, 2.24) is 0 Å². The van der Waals surface area contributed by atoms with Crippen LogP contribution >= 0.6 is 0 Å². The molecule has 0 heterocycles. The molecule has 0 aromatic heterocycles. The number of rotatable bonds is 2. The summed E-state index contributed by atoms with van der Waals surface area (Å²) in [4.78, 5) is 0. The summed E-state index contributed by atoms with van der Waals surface area (Å²) < 4.78 is 5.16. The monoisotopic (exact) mass is 141 g/mol. The molecule has 1 aliphatic rings. The van der Waals surface area contributed by atoms with Crippen molar-refractivity contribution >= 4 is 0 Å². The molecular weight excluding hydrogens is 126 g/mol. The van der Waals surface area contributed by atoms with Gasteiger partial charge in [-0.15, -0.1) is 0 Å². The third kappa shape index (κ3) is 1.82. The molecule has 0 saturated heterocycles. The summed E-state index contributed by atoms with van der Waals surface area (Å²) in [7, 11) is 1.75. The normalized spacial score (nSPS) is 32.6. The molecule has 2 heteroatoms. The molecule has 0 spiro atoms. The van der Waals surface area contributed by atoms with Gasteiger partial charge in [0.1, 0.15) is 0 Å². The minimum absolute atomic E-state index is 0.336. The highest BCUT2D eigenvalue weighted by molar-refractivity contribution is 4.99. The molecular formula is C8H15NO. The first kappa shape index (κ1) is 7.76. The summed E-state index contributed by atoms with van der Waals surface area (Å²) in [5.41, 5.74) is 5.50. The maximum Gasteiger partial charge on any atom is 0.0752 e. The van der Waals surface area contributed by atoms with E-state index < -0.39 is 0 Å². The molecule has 2 nitrogen and oxygen atoms in total. The summed E-state index contributed by atoms with van der Waals surface area (Å²) in [5.74, 6) is 0.589. The van der Waals surface area contributed by atoms with E-state index in [-0.39, 0.29) is 0 Å². The van der Waals surface area contributed by atoms with Crippen molar-refractivity contribution in [3.63, 3.8) is 0 Å². The Kier molecular flexibility index (Phi) is 2.90. The predicted molar refractivity (Wildman–Crippen MR) is 41.7 cm³/mol. The minimum Gasteiger partial charge on any atom is -0.377 e. The summed E-state index contributed by atoms with van der Waals surface area (Å²) in [6.45, 7) is 0.771. The molecule has 0 bridgehead atoms. The lowest BCUT2D eigenvalue weighted by atomic mass is 9.94. The number of hydrogen-bond donors (Lipinski definition) is 1. The van der Waals surface area contributed by atoms with E-state index >= 15 is 0 Å². The number of ether oxygens (including phenoxy) is 1. The molecule has 2 N–H and O–H groups in total. The van der Waals surface area contributed by atoms with Gasteiger partial charge in [-0.1, -0.05) is 12.2 Å². The molecule has 0 aromatic carbocycles. The standard InChI is InChI=1S/C8H15NO/c1-10-8-4-2-7(6-9)3-5-8/h2,4,7-8H,3,5-6,9H2,1H3. The Bertz CT molecular complexity index is 108. The first-order valence-electron chi connectivity index (χ1n) is 3.78. The average molecular weight is 141 g/mol. The largest absolute Gasteiger partial charge is 0.377 e. The van der Waals surface area contributed by atoms with Crippen molar-refractivity contribution in [2.24, 2.45) is 11.7 Å². The third-order valence-electron chi connectivity index (χ3n) is 2.03. The first-order chi connectivity index (χ1) is 4.86. The molecule has 58 valence electrons. The molecule has 0 aliphatic heterocycles. The second-order valence-electron chi connectivity index (χ2n) is 2.73. The molecule has 1 aliphatic carbocycles. The van der Waals surface area contributed by atoms with Crippen LogP contribution in [0, 0.1) is 5.92 Å². The zero-order valence-electron chi connectivity index (χ0n) is 6.42. The van der Waals surface area contributed by atoms with Crippen LogP contribution in [0.5, 0.6) is 0 Å². The molecule has 0 radical (unpaired) electrons. The highest BCUT2D eigenvalue weighted by Gasteiger charge is 2.12. The maximum atomic E-state index is 5.50. The van der Waals surface area contributed by atoms with Gasteiger partial charge in [0, 0.05) is 7.11 Å². The highest BCUT2D eigenvalue weighted by Crippen LogP contribution is 2.17. The zero-order valence-corrected chi connectivity index (χ0v) is 6.42. The van der Waals surface area contributed by atoms with Gasteiger partial charge in [0.05, 0.1) is 6.10 Å². The Balaban J connectivity index is 2.36. The quantitative estimate of drug-likeness (QED) is 0.580. The predicted octanol–water partition coefficient (Wildman–Crippen LogP) is 0.926. The fourth-order valence-electron chi connectivity index (χ4n) is 1.24. The van der Waals surface area contributed by atoms with Crippen LogP contribution in [0.2, 0.25) is 0 Å². The smallest absolute Gasteiger partial charge is 0.0752 e. The SMILES string of the molecule is COC1C=CC(CN)CC1. The Morgan fingerprint density at radius 2 is 2.30 bits per heavy atom.